The Hall–Kier alpha value is -2.64. The number of amides is 1. The topological polar surface area (TPSA) is 136 Å². The number of carboxylic acid groups (broad SMARTS) is 1. The molecule has 0 aromatic heterocycles. The fourth-order valence-corrected chi connectivity index (χ4v) is 1.26. The quantitative estimate of drug-likeness (QED) is 0.518. The average molecular weight is 253 g/mol. The maximum atomic E-state index is 11.0. The van der Waals surface area contributed by atoms with Crippen molar-refractivity contribution in [1.82, 2.24) is 0 Å². The van der Waals surface area contributed by atoms with Crippen molar-refractivity contribution in [2.45, 2.75) is 13.0 Å². The van der Waals surface area contributed by atoms with Gasteiger partial charge in [-0.2, -0.15) is 0 Å². The van der Waals surface area contributed by atoms with Crippen LogP contribution in [0.2, 0.25) is 0 Å². The SMILES string of the molecule is CC(Nc1cc(C(N)=O)ccc1[N+](=O)[O-])C(=O)O. The first-order valence-corrected chi connectivity index (χ1v) is 4.90. The van der Waals surface area contributed by atoms with Gasteiger partial charge in [-0.3, -0.25) is 19.7 Å². The number of nitro groups is 1. The van der Waals surface area contributed by atoms with Crippen molar-refractivity contribution < 1.29 is 19.6 Å². The Balaban J connectivity index is 3.19. The lowest BCUT2D eigenvalue weighted by atomic mass is 10.1. The number of carboxylic acids is 1. The van der Waals surface area contributed by atoms with Crippen LogP contribution in [0, 0.1) is 10.1 Å². The van der Waals surface area contributed by atoms with Crippen molar-refractivity contribution in [2.24, 2.45) is 5.73 Å². The van der Waals surface area contributed by atoms with Crippen LogP contribution < -0.4 is 11.1 Å². The molecule has 0 radical (unpaired) electrons. The number of benzene rings is 1. The number of aliphatic carboxylic acids is 1. The summed E-state index contributed by atoms with van der Waals surface area (Å²) in [5.74, 6) is -1.93. The minimum atomic E-state index is -1.17. The molecule has 1 amide bonds. The van der Waals surface area contributed by atoms with Gasteiger partial charge in [-0.25, -0.2) is 0 Å². The molecule has 1 aromatic rings. The lowest BCUT2D eigenvalue weighted by molar-refractivity contribution is -0.384. The van der Waals surface area contributed by atoms with E-state index in [2.05, 4.69) is 5.32 Å². The van der Waals surface area contributed by atoms with Crippen LogP contribution >= 0.6 is 0 Å². The van der Waals surface area contributed by atoms with Crippen LogP contribution in [-0.4, -0.2) is 27.9 Å². The first kappa shape index (κ1) is 13.4. The van der Waals surface area contributed by atoms with Gasteiger partial charge in [0.05, 0.1) is 4.92 Å². The van der Waals surface area contributed by atoms with E-state index in [1.807, 2.05) is 0 Å². The van der Waals surface area contributed by atoms with Gasteiger partial charge in [0, 0.05) is 11.6 Å². The molecule has 1 atom stereocenters. The number of nitro benzene ring substituents is 1. The van der Waals surface area contributed by atoms with Crippen LogP contribution in [0.15, 0.2) is 18.2 Å². The van der Waals surface area contributed by atoms with E-state index >= 15 is 0 Å². The van der Waals surface area contributed by atoms with Gasteiger partial charge in [0.15, 0.2) is 0 Å². The third kappa shape index (κ3) is 2.94. The Morgan fingerprint density at radius 3 is 2.56 bits per heavy atom. The van der Waals surface area contributed by atoms with Crippen LogP contribution in [0.4, 0.5) is 11.4 Å². The van der Waals surface area contributed by atoms with Gasteiger partial charge in [0.25, 0.3) is 5.69 Å². The molecule has 0 aliphatic carbocycles. The molecule has 0 heterocycles. The number of nitrogens with zero attached hydrogens (tertiary/aromatic N) is 1. The van der Waals surface area contributed by atoms with Crippen LogP contribution in [-0.2, 0) is 4.79 Å². The second kappa shape index (κ2) is 5.13. The molecule has 4 N–H and O–H groups in total. The van der Waals surface area contributed by atoms with Gasteiger partial charge in [-0.1, -0.05) is 0 Å². The van der Waals surface area contributed by atoms with Gasteiger partial charge < -0.3 is 16.2 Å². The lowest BCUT2D eigenvalue weighted by Crippen LogP contribution is -2.26. The number of anilines is 1. The van der Waals surface area contributed by atoms with Crippen molar-refractivity contribution in [3.8, 4) is 0 Å². The fraction of sp³-hybridized carbons (Fsp3) is 0.200. The van der Waals surface area contributed by atoms with Gasteiger partial charge in [0.1, 0.15) is 11.7 Å². The Morgan fingerprint density at radius 2 is 2.11 bits per heavy atom. The molecule has 0 aliphatic rings. The molecule has 0 fully saturated rings. The van der Waals surface area contributed by atoms with E-state index < -0.39 is 22.8 Å². The highest BCUT2D eigenvalue weighted by molar-refractivity contribution is 5.94. The van der Waals surface area contributed by atoms with E-state index in [1.165, 1.54) is 13.0 Å². The second-order valence-electron chi connectivity index (χ2n) is 3.56. The minimum Gasteiger partial charge on any atom is -0.480 e. The number of rotatable bonds is 5. The number of carbonyl (C=O) groups excluding carboxylic acids is 1. The van der Waals surface area contributed by atoms with Gasteiger partial charge >= 0.3 is 5.97 Å². The molecular weight excluding hydrogens is 242 g/mol. The molecule has 0 spiro atoms. The van der Waals surface area contributed by atoms with Crippen LogP contribution in [0.3, 0.4) is 0 Å². The molecular formula is C10H11N3O5. The molecule has 18 heavy (non-hydrogen) atoms. The van der Waals surface area contributed by atoms with Crippen molar-refractivity contribution >= 4 is 23.3 Å². The maximum Gasteiger partial charge on any atom is 0.325 e. The van der Waals surface area contributed by atoms with E-state index in [4.69, 9.17) is 10.8 Å². The molecule has 1 aromatic carbocycles. The predicted molar refractivity (Wildman–Crippen MR) is 62.3 cm³/mol. The summed E-state index contributed by atoms with van der Waals surface area (Å²) in [6.45, 7) is 1.32. The van der Waals surface area contributed by atoms with Gasteiger partial charge in [0.2, 0.25) is 5.91 Å². The Kier molecular flexibility index (Phi) is 3.82. The first-order chi connectivity index (χ1) is 8.32. The smallest absolute Gasteiger partial charge is 0.325 e. The normalized spacial score (nSPS) is 11.6. The molecule has 8 nitrogen and oxygen atoms in total. The van der Waals surface area contributed by atoms with E-state index in [0.29, 0.717) is 0 Å². The summed E-state index contributed by atoms with van der Waals surface area (Å²) in [6, 6.07) is 2.42. The van der Waals surface area contributed by atoms with E-state index in [0.717, 1.165) is 12.1 Å². The van der Waals surface area contributed by atoms with Crippen LogP contribution in [0.1, 0.15) is 17.3 Å². The maximum absolute atomic E-state index is 11.0. The highest BCUT2D eigenvalue weighted by Crippen LogP contribution is 2.26. The third-order valence-electron chi connectivity index (χ3n) is 2.22. The van der Waals surface area contributed by atoms with Gasteiger partial charge in [-0.15, -0.1) is 0 Å². The fourth-order valence-electron chi connectivity index (χ4n) is 1.26. The van der Waals surface area contributed by atoms with Crippen LogP contribution in [0.5, 0.6) is 0 Å². The summed E-state index contributed by atoms with van der Waals surface area (Å²) in [5.41, 5.74) is 4.71. The summed E-state index contributed by atoms with van der Waals surface area (Å²) in [5, 5.41) is 21.9. The van der Waals surface area contributed by atoms with Gasteiger partial charge in [-0.05, 0) is 19.1 Å². The molecule has 0 saturated heterocycles. The molecule has 1 unspecified atom stereocenters. The number of hydrogen-bond acceptors (Lipinski definition) is 5. The molecule has 0 bridgehead atoms. The van der Waals surface area contributed by atoms with Crippen molar-refractivity contribution in [3.63, 3.8) is 0 Å². The molecule has 1 rings (SSSR count). The second-order valence-corrected chi connectivity index (χ2v) is 3.56. The third-order valence-corrected chi connectivity index (χ3v) is 2.22. The van der Waals surface area contributed by atoms with Crippen LogP contribution in [0.25, 0.3) is 0 Å². The van der Waals surface area contributed by atoms with Crippen molar-refractivity contribution in [2.75, 3.05) is 5.32 Å². The number of primary amides is 1. The first-order valence-electron chi connectivity index (χ1n) is 4.90. The van der Waals surface area contributed by atoms with Crippen molar-refractivity contribution in [3.05, 3.63) is 33.9 Å². The number of carbonyl (C=O) groups is 2. The zero-order valence-electron chi connectivity index (χ0n) is 9.41. The van der Waals surface area contributed by atoms with E-state index in [-0.39, 0.29) is 16.9 Å². The number of nitrogens with one attached hydrogen (secondary N) is 1. The average Bonchev–Trinajstić information content (AvgIpc) is 2.28. The monoisotopic (exact) mass is 253 g/mol. The molecule has 0 saturated carbocycles. The van der Waals surface area contributed by atoms with Crippen molar-refractivity contribution in [1.29, 1.82) is 0 Å². The lowest BCUT2D eigenvalue weighted by Gasteiger charge is -2.11. The van der Waals surface area contributed by atoms with E-state index in [1.54, 1.807) is 0 Å². The Bertz CT molecular complexity index is 514. The Labute approximate surface area is 102 Å². The summed E-state index contributed by atoms with van der Waals surface area (Å²) in [6.07, 6.45) is 0. The Morgan fingerprint density at radius 1 is 1.50 bits per heavy atom. The predicted octanol–water partition coefficient (Wildman–Crippen LogP) is 0.579. The zero-order valence-corrected chi connectivity index (χ0v) is 9.41. The standard InChI is InChI=1S/C10H11N3O5/c1-5(10(15)16)12-7-4-6(9(11)14)2-3-8(7)13(17)18/h2-5,12H,1H3,(H2,11,14)(H,15,16). The summed E-state index contributed by atoms with van der Waals surface area (Å²) >= 11 is 0. The number of hydrogen-bond donors (Lipinski definition) is 3. The summed E-state index contributed by atoms with van der Waals surface area (Å²) in [4.78, 5) is 31.7. The summed E-state index contributed by atoms with van der Waals surface area (Å²) in [7, 11) is 0. The van der Waals surface area contributed by atoms with E-state index in [9.17, 15) is 19.7 Å². The number of nitrogens with two attached hydrogens (primary N) is 1. The molecule has 0 aliphatic heterocycles. The highest BCUT2D eigenvalue weighted by Gasteiger charge is 2.19. The zero-order chi connectivity index (χ0) is 13.9. The highest BCUT2D eigenvalue weighted by atomic mass is 16.6. The largest absolute Gasteiger partial charge is 0.480 e. The molecule has 8 heteroatoms. The molecule has 96 valence electrons. The summed E-state index contributed by atoms with van der Waals surface area (Å²) < 4.78 is 0. The minimum absolute atomic E-state index is 0.0562.